The van der Waals surface area contributed by atoms with E-state index >= 15 is 0 Å². The van der Waals surface area contributed by atoms with E-state index in [-0.39, 0.29) is 5.91 Å². The van der Waals surface area contributed by atoms with Crippen LogP contribution >= 0.6 is 24.0 Å². The van der Waals surface area contributed by atoms with E-state index in [4.69, 9.17) is 12.2 Å². The van der Waals surface area contributed by atoms with E-state index in [0.29, 0.717) is 11.8 Å². The van der Waals surface area contributed by atoms with Crippen molar-refractivity contribution < 1.29 is 4.79 Å². The van der Waals surface area contributed by atoms with Gasteiger partial charge in [-0.15, -0.1) is 0 Å². The van der Waals surface area contributed by atoms with Gasteiger partial charge in [0, 0.05) is 19.2 Å². The van der Waals surface area contributed by atoms with Crippen molar-refractivity contribution >= 4 is 40.0 Å². The fraction of sp³-hybridized carbons (Fsp3) is 0.667. The number of hydrogen-bond donors (Lipinski definition) is 1. The zero-order chi connectivity index (χ0) is 15.9. The van der Waals surface area contributed by atoms with E-state index in [2.05, 4.69) is 29.2 Å². The highest BCUT2D eigenvalue weighted by Crippen LogP contribution is 2.31. The molecule has 22 heavy (non-hydrogen) atoms. The number of aromatic nitrogens is 2. The average Bonchev–Trinajstić information content (AvgIpc) is 3.17. The van der Waals surface area contributed by atoms with Crippen LogP contribution in [0, 0.1) is 0 Å². The van der Waals surface area contributed by atoms with Gasteiger partial charge in [0.1, 0.15) is 10.1 Å². The molecule has 1 amide bonds. The summed E-state index contributed by atoms with van der Waals surface area (Å²) in [5, 5.41) is 7.32. The Morgan fingerprint density at radius 2 is 2.14 bits per heavy atom. The zero-order valence-corrected chi connectivity index (χ0v) is 14.9. The normalized spacial score (nSPS) is 15.0. The van der Waals surface area contributed by atoms with Crippen LogP contribution in [0.25, 0.3) is 0 Å². The number of nitrogens with one attached hydrogen (secondary N) is 1. The van der Waals surface area contributed by atoms with Crippen LogP contribution in [0.4, 0.5) is 5.82 Å². The Labute approximate surface area is 141 Å². The first-order chi connectivity index (χ1) is 10.7. The largest absolute Gasteiger partial charge is 0.358 e. The molecule has 1 N–H and O–H groups in total. The quantitative estimate of drug-likeness (QED) is 0.805. The third-order valence-electron chi connectivity index (χ3n) is 3.96. The minimum atomic E-state index is -0.0285. The van der Waals surface area contributed by atoms with Crippen LogP contribution in [0.5, 0.6) is 0 Å². The van der Waals surface area contributed by atoms with E-state index in [1.165, 1.54) is 24.6 Å². The van der Waals surface area contributed by atoms with Crippen LogP contribution in [-0.4, -0.2) is 43.8 Å². The summed E-state index contributed by atoms with van der Waals surface area (Å²) in [6.07, 6.45) is 6.52. The van der Waals surface area contributed by atoms with Gasteiger partial charge in [0.05, 0.1) is 18.0 Å². The Bertz CT molecular complexity index is 507. The van der Waals surface area contributed by atoms with Gasteiger partial charge in [0.25, 0.3) is 0 Å². The van der Waals surface area contributed by atoms with E-state index in [9.17, 15) is 4.79 Å². The summed E-state index contributed by atoms with van der Waals surface area (Å²) in [5.41, 5.74) is 0. The van der Waals surface area contributed by atoms with Crippen molar-refractivity contribution in [1.82, 2.24) is 14.7 Å². The van der Waals surface area contributed by atoms with Crippen molar-refractivity contribution in [2.24, 2.45) is 0 Å². The van der Waals surface area contributed by atoms with Crippen molar-refractivity contribution in [1.29, 1.82) is 0 Å². The summed E-state index contributed by atoms with van der Waals surface area (Å²) in [5.74, 6) is 1.11. The summed E-state index contributed by atoms with van der Waals surface area (Å²) >= 11 is 6.76. The van der Waals surface area contributed by atoms with Crippen LogP contribution in [-0.2, 0) is 4.79 Å². The van der Waals surface area contributed by atoms with Gasteiger partial charge in [-0.3, -0.25) is 4.79 Å². The topological polar surface area (TPSA) is 50.2 Å². The van der Waals surface area contributed by atoms with Gasteiger partial charge in [-0.2, -0.15) is 5.10 Å². The minimum Gasteiger partial charge on any atom is -0.358 e. The molecule has 2 rings (SSSR count). The van der Waals surface area contributed by atoms with Gasteiger partial charge in [-0.25, -0.2) is 4.68 Å². The number of hydrogen-bond acceptors (Lipinski definition) is 4. The van der Waals surface area contributed by atoms with Crippen molar-refractivity contribution in [2.45, 2.75) is 45.6 Å². The van der Waals surface area contributed by atoms with Crippen LogP contribution in [0.15, 0.2) is 12.3 Å². The van der Waals surface area contributed by atoms with Gasteiger partial charge in [0.15, 0.2) is 0 Å². The van der Waals surface area contributed by atoms with Gasteiger partial charge in [-0.05, 0) is 26.7 Å². The Morgan fingerprint density at radius 1 is 1.45 bits per heavy atom. The summed E-state index contributed by atoms with van der Waals surface area (Å²) in [7, 11) is 0. The second kappa shape index (κ2) is 8.53. The molecule has 122 valence electrons. The van der Waals surface area contributed by atoms with Crippen molar-refractivity contribution in [3.05, 3.63) is 12.3 Å². The zero-order valence-electron chi connectivity index (χ0n) is 13.2. The van der Waals surface area contributed by atoms with E-state index in [1.54, 1.807) is 6.20 Å². The maximum Gasteiger partial charge on any atom is 0.235 e. The number of thioether (sulfide) groups is 1. The molecular weight excluding hydrogens is 316 g/mol. The molecule has 1 aliphatic carbocycles. The van der Waals surface area contributed by atoms with Gasteiger partial charge in [-0.1, -0.05) is 36.8 Å². The van der Waals surface area contributed by atoms with Gasteiger partial charge in [0.2, 0.25) is 5.91 Å². The molecule has 7 heteroatoms. The highest BCUT2D eigenvalue weighted by Gasteiger charge is 2.20. The van der Waals surface area contributed by atoms with Crippen LogP contribution in [0.2, 0.25) is 0 Å². The molecule has 0 radical (unpaired) electrons. The van der Waals surface area contributed by atoms with E-state index < -0.39 is 0 Å². The number of rotatable bonds is 6. The molecule has 0 aromatic carbocycles. The first kappa shape index (κ1) is 17.3. The molecule has 1 saturated carbocycles. The fourth-order valence-corrected chi connectivity index (χ4v) is 3.93. The molecule has 0 atom stereocenters. The summed E-state index contributed by atoms with van der Waals surface area (Å²) < 4.78 is 2.74. The molecular formula is C15H24N4OS2. The number of carbonyl (C=O) groups is 1. The molecule has 1 aromatic heterocycles. The maximum atomic E-state index is 12.1. The molecule has 0 spiro atoms. The molecule has 5 nitrogen and oxygen atoms in total. The van der Waals surface area contributed by atoms with Crippen molar-refractivity contribution in [2.75, 3.05) is 24.2 Å². The number of nitrogens with zero attached hydrogens (tertiary/aromatic N) is 3. The highest BCUT2D eigenvalue weighted by molar-refractivity contribution is 8.23. The molecule has 1 fully saturated rings. The number of anilines is 1. The number of carbonyl (C=O) groups excluding carboxylic acids is 1. The second-order valence-electron chi connectivity index (χ2n) is 5.37. The second-order valence-corrected chi connectivity index (χ2v) is 6.98. The Kier molecular flexibility index (Phi) is 6.70. The summed E-state index contributed by atoms with van der Waals surface area (Å²) in [4.78, 5) is 14.2. The monoisotopic (exact) mass is 340 g/mol. The third-order valence-corrected chi connectivity index (χ3v) is 5.48. The van der Waals surface area contributed by atoms with Crippen LogP contribution < -0.4 is 5.32 Å². The lowest BCUT2D eigenvalue weighted by atomic mass is 10.2. The SMILES string of the molecule is CCN(CC)C(=S)SCC(=O)Nc1ccnn1C1CCCC1. The minimum absolute atomic E-state index is 0.0285. The Balaban J connectivity index is 1.85. The summed E-state index contributed by atoms with van der Waals surface area (Å²) in [6.45, 7) is 5.88. The lowest BCUT2D eigenvalue weighted by Gasteiger charge is -2.20. The molecule has 0 unspecified atom stereocenters. The molecule has 1 heterocycles. The van der Waals surface area contributed by atoms with Crippen LogP contribution in [0.3, 0.4) is 0 Å². The molecule has 1 aliphatic rings. The Hall–Kier alpha value is -1.08. The number of thiocarbonyl (C=S) groups is 1. The standard InChI is InChI=1S/C15H24N4OS2/c1-3-18(4-2)15(21)22-11-14(20)17-13-9-10-16-19(13)12-7-5-6-8-12/h9-10,12H,3-8,11H2,1-2H3,(H,17,20). The molecule has 0 bridgehead atoms. The molecule has 0 saturated heterocycles. The molecule has 1 aromatic rings. The summed E-state index contributed by atoms with van der Waals surface area (Å²) in [6, 6.07) is 2.29. The van der Waals surface area contributed by atoms with E-state index in [1.807, 2.05) is 10.7 Å². The van der Waals surface area contributed by atoms with Crippen molar-refractivity contribution in [3.63, 3.8) is 0 Å². The highest BCUT2D eigenvalue weighted by atomic mass is 32.2. The first-order valence-electron chi connectivity index (χ1n) is 7.90. The fourth-order valence-electron chi connectivity index (χ4n) is 2.73. The predicted molar refractivity (Wildman–Crippen MR) is 96.3 cm³/mol. The van der Waals surface area contributed by atoms with E-state index in [0.717, 1.165) is 36.1 Å². The molecule has 0 aliphatic heterocycles. The lowest BCUT2D eigenvalue weighted by molar-refractivity contribution is -0.113. The first-order valence-corrected chi connectivity index (χ1v) is 9.30. The predicted octanol–water partition coefficient (Wildman–Crippen LogP) is 3.30. The number of amides is 1. The lowest BCUT2D eigenvalue weighted by Crippen LogP contribution is -2.28. The Morgan fingerprint density at radius 3 is 2.77 bits per heavy atom. The van der Waals surface area contributed by atoms with Gasteiger partial charge < -0.3 is 10.2 Å². The third kappa shape index (κ3) is 4.46. The van der Waals surface area contributed by atoms with Gasteiger partial charge >= 0.3 is 0 Å². The van der Waals surface area contributed by atoms with Crippen LogP contribution in [0.1, 0.15) is 45.6 Å². The van der Waals surface area contributed by atoms with Crippen molar-refractivity contribution in [3.8, 4) is 0 Å². The maximum absolute atomic E-state index is 12.1. The smallest absolute Gasteiger partial charge is 0.235 e. The average molecular weight is 341 g/mol.